The number of halogens is 1. The van der Waals surface area contributed by atoms with Gasteiger partial charge in [-0.05, 0) is 17.7 Å². The van der Waals surface area contributed by atoms with Crippen LogP contribution in [0.2, 0.25) is 0 Å². The van der Waals surface area contributed by atoms with Gasteiger partial charge in [-0.1, -0.05) is 0 Å². The Morgan fingerprint density at radius 2 is 1.29 bits per heavy atom. The van der Waals surface area contributed by atoms with Crippen LogP contribution in [0.3, 0.4) is 0 Å². The smallest absolute Gasteiger partial charge is 0.269 e. The summed E-state index contributed by atoms with van der Waals surface area (Å²) in [5.41, 5.74) is 1.26. The summed E-state index contributed by atoms with van der Waals surface area (Å²) in [7, 11) is 0. The van der Waals surface area contributed by atoms with Gasteiger partial charge >= 0.3 is 200 Å². The standard InChI is InChI=1S/C38H47ClN3O5P/c39-48(33-18-10-8-11-19-33,34-20-12-9-13-21-34,37-23-15-16-28-40-37)29-17-7-5-3-1-2-4-6-14-22-36(44)41-35(30-43)38(45)31-24-26-32(27-25-31)42(46)47/h8-13,15-16,18-21,23-28,35,38,43,45H,1-7,14,17,22,29-30H2,(H,41,44)/t35-,38-/m1/s1. The maximum atomic E-state index is 12.5. The first-order valence-corrected chi connectivity index (χ1v) is 20.2. The van der Waals surface area contributed by atoms with E-state index in [9.17, 15) is 25.1 Å². The monoisotopic (exact) mass is 691 g/mol. The molecule has 256 valence electrons. The van der Waals surface area contributed by atoms with Crippen molar-refractivity contribution < 1.29 is 19.9 Å². The van der Waals surface area contributed by atoms with E-state index in [1.807, 2.05) is 30.5 Å². The second-order valence-corrected chi connectivity index (χ2v) is 18.9. The van der Waals surface area contributed by atoms with Gasteiger partial charge in [-0.2, -0.15) is 0 Å². The van der Waals surface area contributed by atoms with E-state index < -0.39 is 29.6 Å². The molecular weight excluding hydrogens is 645 g/mol. The van der Waals surface area contributed by atoms with Crippen LogP contribution in [0.4, 0.5) is 5.69 Å². The fraction of sp³-hybridized carbons (Fsp3) is 0.368. The number of carbonyl (C=O) groups is 1. The minimum absolute atomic E-state index is 0.0912. The zero-order valence-electron chi connectivity index (χ0n) is 27.4. The molecule has 48 heavy (non-hydrogen) atoms. The quantitative estimate of drug-likeness (QED) is 0.0394. The number of aliphatic hydroxyl groups excluding tert-OH is 2. The molecule has 4 aromatic rings. The van der Waals surface area contributed by atoms with Gasteiger partial charge in [0.25, 0.3) is 5.69 Å². The maximum absolute atomic E-state index is 12.5. The van der Waals surface area contributed by atoms with Crippen molar-refractivity contribution in [3.05, 3.63) is 125 Å². The summed E-state index contributed by atoms with van der Waals surface area (Å²) in [5.74, 6) is -3.54. The Balaban J connectivity index is 1.18. The number of unbranched alkanes of at least 4 members (excludes halogenated alkanes) is 8. The third-order valence-electron chi connectivity index (χ3n) is 9.07. The van der Waals surface area contributed by atoms with E-state index in [-0.39, 0.29) is 11.6 Å². The van der Waals surface area contributed by atoms with Gasteiger partial charge < -0.3 is 15.5 Å². The number of nitro benzene ring substituents is 1. The molecule has 0 aliphatic rings. The van der Waals surface area contributed by atoms with Crippen molar-refractivity contribution in [3.63, 3.8) is 0 Å². The fourth-order valence-corrected chi connectivity index (χ4v) is 12.4. The second kappa shape index (κ2) is 18.2. The number of carbonyl (C=O) groups excluding carboxylic acids is 1. The molecule has 0 aliphatic heterocycles. The molecule has 0 saturated carbocycles. The predicted molar refractivity (Wildman–Crippen MR) is 197 cm³/mol. The number of aromatic nitrogens is 1. The summed E-state index contributed by atoms with van der Waals surface area (Å²) in [6.45, 7) is -0.445. The minimum atomic E-state index is -3.30. The maximum Gasteiger partial charge on any atom is 0.269 e. The number of nitro groups is 1. The molecule has 0 saturated heterocycles. The molecule has 1 aromatic heterocycles. The van der Waals surface area contributed by atoms with Gasteiger partial charge in [0, 0.05) is 12.1 Å². The number of nitrogens with zero attached hydrogens (tertiary/aromatic N) is 2. The Bertz CT molecular complexity index is 1460. The van der Waals surface area contributed by atoms with Crippen LogP contribution in [0.5, 0.6) is 0 Å². The Morgan fingerprint density at radius 3 is 1.79 bits per heavy atom. The van der Waals surface area contributed by atoms with E-state index in [1.54, 1.807) is 0 Å². The van der Waals surface area contributed by atoms with Crippen LogP contribution in [0.25, 0.3) is 0 Å². The van der Waals surface area contributed by atoms with Gasteiger partial charge in [0.15, 0.2) is 0 Å². The number of aliphatic hydroxyl groups is 2. The normalized spacial score (nSPS) is 13.6. The first-order valence-electron chi connectivity index (χ1n) is 16.9. The van der Waals surface area contributed by atoms with Gasteiger partial charge in [0.1, 0.15) is 6.10 Å². The van der Waals surface area contributed by atoms with Crippen molar-refractivity contribution in [1.82, 2.24) is 10.3 Å². The summed E-state index contributed by atoms with van der Waals surface area (Å²) in [4.78, 5) is 27.7. The summed E-state index contributed by atoms with van der Waals surface area (Å²) in [5, 5.41) is 36.1. The van der Waals surface area contributed by atoms with Gasteiger partial charge in [-0.25, -0.2) is 0 Å². The number of hydrogen-bond acceptors (Lipinski definition) is 6. The van der Waals surface area contributed by atoms with Gasteiger partial charge in [-0.3, -0.25) is 14.9 Å². The Kier molecular flexibility index (Phi) is 14.1. The van der Waals surface area contributed by atoms with Crippen LogP contribution in [-0.2, 0) is 4.79 Å². The molecule has 3 N–H and O–H groups in total. The Hall–Kier alpha value is -3.68. The number of rotatable bonds is 20. The van der Waals surface area contributed by atoms with Crippen molar-refractivity contribution in [1.29, 1.82) is 0 Å². The predicted octanol–water partition coefficient (Wildman–Crippen LogP) is 7.08. The molecular formula is C38H47ClN3O5P. The molecule has 0 spiro atoms. The summed E-state index contributed by atoms with van der Waals surface area (Å²) in [6, 6.07) is 31.6. The third-order valence-corrected chi connectivity index (χ3v) is 16.4. The Labute approximate surface area is 288 Å². The van der Waals surface area contributed by atoms with Gasteiger partial charge in [-0.15, -0.1) is 0 Å². The van der Waals surface area contributed by atoms with E-state index in [1.165, 1.54) is 24.3 Å². The average molecular weight is 692 g/mol. The first-order chi connectivity index (χ1) is 23.3. The molecule has 8 nitrogen and oxygen atoms in total. The van der Waals surface area contributed by atoms with Crippen molar-refractivity contribution in [2.75, 3.05) is 12.8 Å². The topological polar surface area (TPSA) is 126 Å². The minimum Gasteiger partial charge on any atom is -0.394 e. The van der Waals surface area contributed by atoms with Crippen LogP contribution >= 0.6 is 17.2 Å². The van der Waals surface area contributed by atoms with E-state index in [0.717, 1.165) is 80.0 Å². The molecule has 4 rings (SSSR count). The van der Waals surface area contributed by atoms with Crippen LogP contribution in [0.1, 0.15) is 75.9 Å². The van der Waals surface area contributed by atoms with Crippen molar-refractivity contribution in [2.45, 2.75) is 76.4 Å². The average Bonchev–Trinajstić information content (AvgIpc) is 3.13. The molecule has 2 atom stereocenters. The number of hydrogen-bond donors (Lipinski definition) is 3. The molecule has 1 heterocycles. The largest absolute Gasteiger partial charge is 0.394 e. The molecule has 3 aromatic carbocycles. The Morgan fingerprint density at radius 1 is 0.771 bits per heavy atom. The van der Waals surface area contributed by atoms with Crippen molar-refractivity contribution in [2.24, 2.45) is 0 Å². The van der Waals surface area contributed by atoms with E-state index in [4.69, 9.17) is 16.2 Å². The van der Waals surface area contributed by atoms with Crippen molar-refractivity contribution >= 4 is 44.8 Å². The first kappa shape index (κ1) is 37.1. The molecule has 0 fully saturated rings. The number of non-ortho nitro benzene ring substituents is 1. The van der Waals surface area contributed by atoms with Crippen LogP contribution in [0, 0.1) is 10.1 Å². The van der Waals surface area contributed by atoms with Crippen LogP contribution < -0.4 is 21.4 Å². The fourth-order valence-electron chi connectivity index (χ4n) is 6.35. The van der Waals surface area contributed by atoms with Gasteiger partial charge in [0.2, 0.25) is 0 Å². The number of nitrogens with one attached hydrogen (secondary N) is 1. The molecule has 10 heteroatoms. The summed E-state index contributed by atoms with van der Waals surface area (Å²) in [6.07, 6.45) is 11.2. The zero-order valence-corrected chi connectivity index (χ0v) is 29.0. The molecule has 0 unspecified atom stereocenters. The SMILES string of the molecule is O=C(CCCCCCCCCCCP(Cl)(c1ccccc1)(c1ccccc1)c1ccccn1)N[C@H](CO)[C@H](O)c1ccc([N+](=O)[O-])cc1. The van der Waals surface area contributed by atoms with E-state index in [0.29, 0.717) is 12.0 Å². The molecule has 0 bridgehead atoms. The number of pyridine rings is 1. The molecule has 1 amide bonds. The molecule has 0 radical (unpaired) electrons. The second-order valence-electron chi connectivity index (χ2n) is 12.3. The third kappa shape index (κ3) is 9.26. The summed E-state index contributed by atoms with van der Waals surface area (Å²) >= 11 is 8.10. The number of benzene rings is 3. The van der Waals surface area contributed by atoms with E-state index in [2.05, 4.69) is 59.9 Å². The van der Waals surface area contributed by atoms with Crippen LogP contribution in [-0.4, -0.2) is 44.8 Å². The van der Waals surface area contributed by atoms with Crippen LogP contribution in [0.15, 0.2) is 109 Å². The van der Waals surface area contributed by atoms with Gasteiger partial charge in [0.05, 0.1) is 17.6 Å². The van der Waals surface area contributed by atoms with E-state index >= 15 is 0 Å². The van der Waals surface area contributed by atoms with Crippen molar-refractivity contribution in [3.8, 4) is 0 Å². The molecule has 0 aliphatic carbocycles. The zero-order chi connectivity index (χ0) is 34.3. The summed E-state index contributed by atoms with van der Waals surface area (Å²) < 4.78 is 0. The number of amides is 1.